The van der Waals surface area contributed by atoms with Gasteiger partial charge in [-0.05, 0) is 19.8 Å². The SMILES string of the molecule is CCNc1nccc(NN2CCCCC2)n1. The monoisotopic (exact) mass is 221 g/mol. The largest absolute Gasteiger partial charge is 0.354 e. The van der Waals surface area contributed by atoms with Crippen LogP contribution < -0.4 is 10.7 Å². The van der Waals surface area contributed by atoms with E-state index < -0.39 is 0 Å². The molecule has 0 unspecified atom stereocenters. The van der Waals surface area contributed by atoms with Gasteiger partial charge < -0.3 is 10.7 Å². The minimum atomic E-state index is 0.685. The van der Waals surface area contributed by atoms with Gasteiger partial charge in [-0.3, -0.25) is 0 Å². The molecule has 0 saturated carbocycles. The Morgan fingerprint density at radius 1 is 1.31 bits per heavy atom. The molecule has 5 heteroatoms. The summed E-state index contributed by atoms with van der Waals surface area (Å²) in [6.45, 7) is 5.07. The van der Waals surface area contributed by atoms with Crippen LogP contribution in [-0.4, -0.2) is 34.6 Å². The molecule has 2 rings (SSSR count). The highest BCUT2D eigenvalue weighted by Crippen LogP contribution is 2.11. The number of anilines is 2. The van der Waals surface area contributed by atoms with Crippen molar-refractivity contribution in [3.8, 4) is 0 Å². The van der Waals surface area contributed by atoms with E-state index in [9.17, 15) is 0 Å². The molecule has 1 aromatic heterocycles. The minimum Gasteiger partial charge on any atom is -0.354 e. The summed E-state index contributed by atoms with van der Waals surface area (Å²) >= 11 is 0. The molecular formula is C11H19N5. The van der Waals surface area contributed by atoms with Crippen LogP contribution in [0.3, 0.4) is 0 Å². The highest BCUT2D eigenvalue weighted by Gasteiger charge is 2.10. The lowest BCUT2D eigenvalue weighted by molar-refractivity contribution is 0.272. The fraction of sp³-hybridized carbons (Fsp3) is 0.636. The Balaban J connectivity index is 1.94. The summed E-state index contributed by atoms with van der Waals surface area (Å²) in [6.07, 6.45) is 5.64. The van der Waals surface area contributed by atoms with Gasteiger partial charge in [0.1, 0.15) is 5.82 Å². The van der Waals surface area contributed by atoms with Crippen molar-refractivity contribution in [2.24, 2.45) is 0 Å². The number of nitrogens with zero attached hydrogens (tertiary/aromatic N) is 3. The summed E-state index contributed by atoms with van der Waals surface area (Å²) in [7, 11) is 0. The van der Waals surface area contributed by atoms with Gasteiger partial charge in [-0.15, -0.1) is 0 Å². The van der Waals surface area contributed by atoms with Crippen LogP contribution >= 0.6 is 0 Å². The van der Waals surface area contributed by atoms with Crippen molar-refractivity contribution in [3.63, 3.8) is 0 Å². The third kappa shape index (κ3) is 3.06. The highest BCUT2D eigenvalue weighted by atomic mass is 15.5. The van der Waals surface area contributed by atoms with Crippen LogP contribution in [-0.2, 0) is 0 Å². The zero-order valence-electron chi connectivity index (χ0n) is 9.74. The van der Waals surface area contributed by atoms with Crippen LogP contribution in [0.15, 0.2) is 12.3 Å². The third-order valence-electron chi connectivity index (χ3n) is 2.62. The molecule has 16 heavy (non-hydrogen) atoms. The molecule has 0 radical (unpaired) electrons. The summed E-state index contributed by atoms with van der Waals surface area (Å²) in [5.41, 5.74) is 3.32. The van der Waals surface area contributed by atoms with Crippen molar-refractivity contribution in [3.05, 3.63) is 12.3 Å². The van der Waals surface area contributed by atoms with Crippen LogP contribution in [0.5, 0.6) is 0 Å². The Hall–Kier alpha value is -1.36. The molecule has 88 valence electrons. The lowest BCUT2D eigenvalue weighted by Crippen LogP contribution is -2.35. The molecule has 1 fully saturated rings. The van der Waals surface area contributed by atoms with Gasteiger partial charge in [0, 0.05) is 31.9 Å². The van der Waals surface area contributed by atoms with Crippen molar-refractivity contribution in [1.82, 2.24) is 15.0 Å². The van der Waals surface area contributed by atoms with Crippen molar-refractivity contribution >= 4 is 11.8 Å². The second-order valence-corrected chi connectivity index (χ2v) is 3.96. The Kier molecular flexibility index (Phi) is 3.93. The molecule has 0 aromatic carbocycles. The Labute approximate surface area is 96.2 Å². The molecule has 1 aliphatic rings. The van der Waals surface area contributed by atoms with Crippen LogP contribution in [0.2, 0.25) is 0 Å². The third-order valence-corrected chi connectivity index (χ3v) is 2.62. The van der Waals surface area contributed by atoms with Gasteiger partial charge in [0.05, 0.1) is 0 Å². The Bertz CT molecular complexity index is 322. The molecule has 0 spiro atoms. The molecule has 2 N–H and O–H groups in total. The summed E-state index contributed by atoms with van der Waals surface area (Å²) in [5, 5.41) is 5.33. The zero-order chi connectivity index (χ0) is 11.2. The first-order valence-corrected chi connectivity index (χ1v) is 5.97. The first-order chi connectivity index (χ1) is 7.88. The lowest BCUT2D eigenvalue weighted by Gasteiger charge is -2.27. The van der Waals surface area contributed by atoms with Gasteiger partial charge in [-0.25, -0.2) is 9.99 Å². The Morgan fingerprint density at radius 2 is 2.12 bits per heavy atom. The molecule has 0 amide bonds. The fourth-order valence-electron chi connectivity index (χ4n) is 1.83. The molecule has 1 saturated heterocycles. The van der Waals surface area contributed by atoms with Gasteiger partial charge in [0.15, 0.2) is 0 Å². The van der Waals surface area contributed by atoms with E-state index in [-0.39, 0.29) is 0 Å². The minimum absolute atomic E-state index is 0.685. The Morgan fingerprint density at radius 3 is 2.88 bits per heavy atom. The number of aromatic nitrogens is 2. The van der Waals surface area contributed by atoms with E-state index in [0.29, 0.717) is 5.95 Å². The van der Waals surface area contributed by atoms with Crippen molar-refractivity contribution < 1.29 is 0 Å². The average molecular weight is 221 g/mol. The maximum Gasteiger partial charge on any atom is 0.224 e. The topological polar surface area (TPSA) is 53.1 Å². The second-order valence-electron chi connectivity index (χ2n) is 3.96. The van der Waals surface area contributed by atoms with Gasteiger partial charge in [0.25, 0.3) is 0 Å². The van der Waals surface area contributed by atoms with E-state index in [1.807, 2.05) is 13.0 Å². The van der Waals surface area contributed by atoms with Crippen LogP contribution in [0, 0.1) is 0 Å². The summed E-state index contributed by atoms with van der Waals surface area (Å²) in [6, 6.07) is 1.90. The molecular weight excluding hydrogens is 202 g/mol. The summed E-state index contributed by atoms with van der Waals surface area (Å²) in [5.74, 6) is 1.55. The van der Waals surface area contributed by atoms with Crippen LogP contribution in [0.25, 0.3) is 0 Å². The van der Waals surface area contributed by atoms with Crippen molar-refractivity contribution in [1.29, 1.82) is 0 Å². The van der Waals surface area contributed by atoms with Crippen molar-refractivity contribution in [2.45, 2.75) is 26.2 Å². The first kappa shape index (κ1) is 11.1. The number of piperidine rings is 1. The van der Waals surface area contributed by atoms with E-state index >= 15 is 0 Å². The molecule has 5 nitrogen and oxygen atoms in total. The number of hydrogen-bond donors (Lipinski definition) is 2. The number of hydrogen-bond acceptors (Lipinski definition) is 5. The first-order valence-electron chi connectivity index (χ1n) is 5.97. The predicted octanol–water partition coefficient (Wildman–Crippen LogP) is 1.72. The van der Waals surface area contributed by atoms with E-state index in [1.165, 1.54) is 19.3 Å². The number of rotatable bonds is 4. The quantitative estimate of drug-likeness (QED) is 0.811. The molecule has 1 aromatic rings. The summed E-state index contributed by atoms with van der Waals surface area (Å²) < 4.78 is 0. The fourth-order valence-corrected chi connectivity index (χ4v) is 1.83. The maximum absolute atomic E-state index is 4.38. The molecule has 0 bridgehead atoms. The second kappa shape index (κ2) is 5.65. The highest BCUT2D eigenvalue weighted by molar-refractivity contribution is 5.38. The molecule has 0 atom stereocenters. The van der Waals surface area contributed by atoms with Crippen molar-refractivity contribution in [2.75, 3.05) is 30.4 Å². The molecule has 2 heterocycles. The molecule has 1 aliphatic heterocycles. The van der Waals surface area contributed by atoms with E-state index in [2.05, 4.69) is 25.7 Å². The summed E-state index contributed by atoms with van der Waals surface area (Å²) in [4.78, 5) is 8.52. The average Bonchev–Trinajstić information content (AvgIpc) is 2.31. The van der Waals surface area contributed by atoms with Gasteiger partial charge in [-0.1, -0.05) is 6.42 Å². The van der Waals surface area contributed by atoms with E-state index in [4.69, 9.17) is 0 Å². The smallest absolute Gasteiger partial charge is 0.224 e. The number of nitrogens with one attached hydrogen (secondary N) is 2. The normalized spacial score (nSPS) is 17.1. The van der Waals surface area contributed by atoms with Gasteiger partial charge >= 0.3 is 0 Å². The van der Waals surface area contributed by atoms with Gasteiger partial charge in [0.2, 0.25) is 5.95 Å². The lowest BCUT2D eigenvalue weighted by atomic mass is 10.2. The van der Waals surface area contributed by atoms with E-state index in [1.54, 1.807) is 6.20 Å². The zero-order valence-corrected chi connectivity index (χ0v) is 9.74. The standard InChI is InChI=1S/C11H19N5/c1-2-12-11-13-7-6-10(14-11)15-16-8-4-3-5-9-16/h6-7H,2-5,8-9H2,1H3,(H2,12,13,14,15). The van der Waals surface area contributed by atoms with Gasteiger partial charge in [-0.2, -0.15) is 4.98 Å². The predicted molar refractivity (Wildman–Crippen MR) is 65.2 cm³/mol. The molecule has 0 aliphatic carbocycles. The van der Waals surface area contributed by atoms with Crippen LogP contribution in [0.1, 0.15) is 26.2 Å². The maximum atomic E-state index is 4.38. The van der Waals surface area contributed by atoms with E-state index in [0.717, 1.165) is 25.5 Å². The number of hydrazine groups is 1. The van der Waals surface area contributed by atoms with Crippen LogP contribution in [0.4, 0.5) is 11.8 Å².